The van der Waals surface area contributed by atoms with Gasteiger partial charge in [-0.05, 0) is 0 Å². The lowest BCUT2D eigenvalue weighted by atomic mass is 10.4. The summed E-state index contributed by atoms with van der Waals surface area (Å²) in [5, 5.41) is 4.58. The number of aromatic amines is 1. The molecule has 2 heterocycles. The molecule has 0 aliphatic rings. The van der Waals surface area contributed by atoms with Crippen LogP contribution in [0.25, 0.3) is 0 Å². The second kappa shape index (κ2) is 4.80. The van der Waals surface area contributed by atoms with Crippen molar-refractivity contribution >= 4 is 17.2 Å². The van der Waals surface area contributed by atoms with Gasteiger partial charge in [-0.3, -0.25) is 4.79 Å². The number of hydrogen-bond acceptors (Lipinski definition) is 4. The van der Waals surface area contributed by atoms with Crippen molar-refractivity contribution in [1.82, 2.24) is 15.3 Å². The smallest absolute Gasteiger partial charge is 0.261 e. The van der Waals surface area contributed by atoms with E-state index in [0.29, 0.717) is 17.2 Å². The van der Waals surface area contributed by atoms with Crippen molar-refractivity contribution in [1.29, 1.82) is 0 Å². The van der Waals surface area contributed by atoms with E-state index in [0.717, 1.165) is 5.69 Å². The predicted octanol–water partition coefficient (Wildman–Crippen LogP) is 1.41. The fourth-order valence-electron chi connectivity index (χ4n) is 1.19. The Bertz CT molecular complexity index is 464. The normalized spacial score (nSPS) is 10.1. The highest BCUT2D eigenvalue weighted by Gasteiger charge is 2.09. The first-order chi connectivity index (χ1) is 7.79. The highest BCUT2D eigenvalue weighted by atomic mass is 32.1. The van der Waals surface area contributed by atoms with Crippen LogP contribution in [0.2, 0.25) is 0 Å². The molecule has 0 saturated heterocycles. The number of thiophene rings is 1. The molecule has 0 bridgehead atoms. The van der Waals surface area contributed by atoms with Crippen molar-refractivity contribution in [3.63, 3.8) is 0 Å². The van der Waals surface area contributed by atoms with Gasteiger partial charge in [0.25, 0.3) is 5.91 Å². The Morgan fingerprint density at radius 2 is 2.56 bits per heavy atom. The molecule has 2 aromatic heterocycles. The average Bonchev–Trinajstić information content (AvgIpc) is 2.96. The van der Waals surface area contributed by atoms with Gasteiger partial charge in [0.1, 0.15) is 5.75 Å². The van der Waals surface area contributed by atoms with Crippen LogP contribution in [0, 0.1) is 0 Å². The van der Waals surface area contributed by atoms with Crippen molar-refractivity contribution < 1.29 is 9.53 Å². The molecule has 0 aliphatic heterocycles. The van der Waals surface area contributed by atoms with Gasteiger partial charge < -0.3 is 15.0 Å². The summed E-state index contributed by atoms with van der Waals surface area (Å²) in [6.07, 6.45) is 3.25. The highest BCUT2D eigenvalue weighted by molar-refractivity contribution is 7.12. The van der Waals surface area contributed by atoms with Gasteiger partial charge in [-0.15, -0.1) is 11.3 Å². The molecule has 2 aromatic rings. The number of hydrogen-bond donors (Lipinski definition) is 2. The van der Waals surface area contributed by atoms with Gasteiger partial charge >= 0.3 is 0 Å². The molecule has 84 valence electrons. The zero-order valence-electron chi connectivity index (χ0n) is 8.69. The predicted molar refractivity (Wildman–Crippen MR) is 60.6 cm³/mol. The maximum atomic E-state index is 11.7. The fourth-order valence-corrected chi connectivity index (χ4v) is 1.96. The summed E-state index contributed by atoms with van der Waals surface area (Å²) in [5.41, 5.74) is 0.872. The third kappa shape index (κ3) is 2.40. The lowest BCUT2D eigenvalue weighted by Crippen LogP contribution is -2.21. The number of nitrogens with zero attached hydrogens (tertiary/aromatic N) is 1. The second-order valence-electron chi connectivity index (χ2n) is 3.11. The molecule has 0 aromatic carbocycles. The number of H-pyrrole nitrogens is 1. The van der Waals surface area contributed by atoms with Crippen molar-refractivity contribution in [3.8, 4) is 5.75 Å². The zero-order chi connectivity index (χ0) is 11.4. The Morgan fingerprint density at radius 1 is 1.69 bits per heavy atom. The third-order valence-corrected chi connectivity index (χ3v) is 2.94. The van der Waals surface area contributed by atoms with Crippen molar-refractivity contribution in [3.05, 3.63) is 34.5 Å². The van der Waals surface area contributed by atoms with Crippen LogP contribution in [-0.2, 0) is 6.54 Å². The van der Waals surface area contributed by atoms with Crippen molar-refractivity contribution in [2.45, 2.75) is 6.54 Å². The first-order valence-electron chi connectivity index (χ1n) is 4.67. The van der Waals surface area contributed by atoms with E-state index >= 15 is 0 Å². The van der Waals surface area contributed by atoms with E-state index in [2.05, 4.69) is 15.3 Å². The number of methoxy groups -OCH3 is 1. The van der Waals surface area contributed by atoms with Crippen LogP contribution in [-0.4, -0.2) is 23.0 Å². The van der Waals surface area contributed by atoms with Gasteiger partial charge in [-0.25, -0.2) is 4.98 Å². The molecule has 0 saturated carbocycles. The Kier molecular flexibility index (Phi) is 3.21. The number of aromatic nitrogens is 2. The fraction of sp³-hybridized carbons (Fsp3) is 0.200. The molecule has 0 unspecified atom stereocenters. The third-order valence-electron chi connectivity index (χ3n) is 2.03. The van der Waals surface area contributed by atoms with E-state index in [4.69, 9.17) is 4.74 Å². The molecule has 0 fully saturated rings. The summed E-state index contributed by atoms with van der Waals surface area (Å²) in [4.78, 5) is 19.1. The number of amides is 1. The summed E-state index contributed by atoms with van der Waals surface area (Å²) in [6, 6.07) is 1.72. The Labute approximate surface area is 96.5 Å². The van der Waals surface area contributed by atoms with Gasteiger partial charge in [0.05, 0.1) is 30.6 Å². The van der Waals surface area contributed by atoms with E-state index in [1.807, 2.05) is 0 Å². The monoisotopic (exact) mass is 237 g/mol. The van der Waals surface area contributed by atoms with Gasteiger partial charge in [0, 0.05) is 17.6 Å². The van der Waals surface area contributed by atoms with Crippen LogP contribution in [0.5, 0.6) is 5.75 Å². The summed E-state index contributed by atoms with van der Waals surface area (Å²) in [5.74, 6) is 0.597. The number of carbonyl (C=O) groups is 1. The number of imidazole rings is 1. The topological polar surface area (TPSA) is 67.0 Å². The van der Waals surface area contributed by atoms with E-state index < -0.39 is 0 Å². The van der Waals surface area contributed by atoms with Crippen LogP contribution in [0.3, 0.4) is 0 Å². The molecule has 5 nitrogen and oxygen atoms in total. The molecular weight excluding hydrogens is 226 g/mol. The summed E-state index contributed by atoms with van der Waals surface area (Å²) < 4.78 is 5.01. The lowest BCUT2D eigenvalue weighted by molar-refractivity contribution is 0.0954. The largest absolute Gasteiger partial charge is 0.496 e. The molecular formula is C10H11N3O2S. The minimum absolute atomic E-state index is 0.108. The van der Waals surface area contributed by atoms with E-state index in [1.165, 1.54) is 11.3 Å². The second-order valence-corrected chi connectivity index (χ2v) is 4.02. The molecule has 1 amide bonds. The van der Waals surface area contributed by atoms with Gasteiger partial charge in [-0.1, -0.05) is 0 Å². The average molecular weight is 237 g/mol. The summed E-state index contributed by atoms with van der Waals surface area (Å²) in [6.45, 7) is 0.444. The van der Waals surface area contributed by atoms with E-state index in [-0.39, 0.29) is 5.91 Å². The lowest BCUT2D eigenvalue weighted by Gasteiger charge is -2.00. The van der Waals surface area contributed by atoms with Gasteiger partial charge in [0.15, 0.2) is 0 Å². The zero-order valence-corrected chi connectivity index (χ0v) is 9.50. The van der Waals surface area contributed by atoms with E-state index in [1.54, 1.807) is 31.1 Å². The summed E-state index contributed by atoms with van der Waals surface area (Å²) in [7, 11) is 1.58. The Balaban J connectivity index is 1.93. The van der Waals surface area contributed by atoms with Crippen molar-refractivity contribution in [2.24, 2.45) is 0 Å². The minimum Gasteiger partial charge on any atom is -0.496 e. The number of ether oxygens (including phenoxy) is 1. The maximum Gasteiger partial charge on any atom is 0.261 e. The number of rotatable bonds is 4. The number of nitrogens with one attached hydrogen (secondary N) is 2. The quantitative estimate of drug-likeness (QED) is 0.844. The minimum atomic E-state index is -0.108. The van der Waals surface area contributed by atoms with Crippen LogP contribution in [0.15, 0.2) is 24.0 Å². The standard InChI is InChI=1S/C10H11N3O2S/c1-15-8-2-9(16-5-8)10(14)12-4-7-3-11-6-13-7/h2-3,5-6H,4H2,1H3,(H,11,13)(H,12,14). The van der Waals surface area contributed by atoms with Crippen molar-refractivity contribution in [2.75, 3.05) is 7.11 Å². The molecule has 0 spiro atoms. The molecule has 0 aliphatic carbocycles. The van der Waals surface area contributed by atoms with Crippen LogP contribution >= 0.6 is 11.3 Å². The molecule has 2 N–H and O–H groups in total. The summed E-state index contributed by atoms with van der Waals surface area (Å²) >= 11 is 1.36. The first kappa shape index (κ1) is 10.7. The Morgan fingerprint density at radius 3 is 3.19 bits per heavy atom. The molecule has 16 heavy (non-hydrogen) atoms. The molecule has 0 atom stereocenters. The maximum absolute atomic E-state index is 11.7. The van der Waals surface area contributed by atoms with Gasteiger partial charge in [-0.2, -0.15) is 0 Å². The number of carbonyl (C=O) groups excluding carboxylic acids is 1. The van der Waals surface area contributed by atoms with E-state index in [9.17, 15) is 4.79 Å². The Hall–Kier alpha value is -1.82. The first-order valence-corrected chi connectivity index (χ1v) is 5.55. The highest BCUT2D eigenvalue weighted by Crippen LogP contribution is 2.20. The molecule has 2 rings (SSSR count). The van der Waals surface area contributed by atoms with Crippen LogP contribution in [0.1, 0.15) is 15.4 Å². The van der Waals surface area contributed by atoms with Crippen LogP contribution < -0.4 is 10.1 Å². The van der Waals surface area contributed by atoms with Crippen LogP contribution in [0.4, 0.5) is 0 Å². The molecule has 6 heteroatoms. The van der Waals surface area contributed by atoms with Gasteiger partial charge in [0.2, 0.25) is 0 Å². The molecule has 0 radical (unpaired) electrons. The SMILES string of the molecule is COc1csc(C(=O)NCc2cnc[nH]2)c1.